The molecule has 0 bridgehead atoms. The van der Waals surface area contributed by atoms with E-state index in [9.17, 15) is 4.39 Å². The predicted octanol–water partition coefficient (Wildman–Crippen LogP) is 3.31. The van der Waals surface area contributed by atoms with Gasteiger partial charge in [-0.25, -0.2) is 4.39 Å². The molecule has 0 aliphatic carbocycles. The summed E-state index contributed by atoms with van der Waals surface area (Å²) in [6.45, 7) is 1.58. The number of benzene rings is 1. The Hall–Kier alpha value is -0.120. The van der Waals surface area contributed by atoms with E-state index in [1.54, 1.807) is 6.07 Å². The monoisotopic (exact) mass is 279 g/mol. The Morgan fingerprint density at radius 1 is 1.50 bits per heavy atom. The van der Waals surface area contributed by atoms with Gasteiger partial charge in [0.05, 0.1) is 0 Å². The molecule has 0 aliphatic heterocycles. The molecular formula is C10H12BrClFN. The van der Waals surface area contributed by atoms with E-state index >= 15 is 0 Å². The van der Waals surface area contributed by atoms with E-state index in [0.29, 0.717) is 11.6 Å². The molecule has 0 N–H and O–H groups in total. The molecule has 1 rings (SSSR count). The van der Waals surface area contributed by atoms with E-state index in [4.69, 9.17) is 11.6 Å². The summed E-state index contributed by atoms with van der Waals surface area (Å²) in [6, 6.07) is 4.44. The van der Waals surface area contributed by atoms with Crippen LogP contribution in [0.4, 0.5) is 4.39 Å². The first-order chi connectivity index (χ1) is 6.63. The molecule has 0 saturated carbocycles. The molecule has 0 fully saturated rings. The Balaban J connectivity index is 2.70. The highest BCUT2D eigenvalue weighted by molar-refractivity contribution is 9.09. The zero-order valence-corrected chi connectivity index (χ0v) is 10.3. The molecule has 1 aromatic rings. The maximum Gasteiger partial charge on any atom is 0.123 e. The fraction of sp³-hybridized carbons (Fsp3) is 0.400. The Morgan fingerprint density at radius 3 is 2.86 bits per heavy atom. The first-order valence-corrected chi connectivity index (χ1v) is 5.82. The predicted molar refractivity (Wildman–Crippen MR) is 61.5 cm³/mol. The minimum Gasteiger partial charge on any atom is -0.301 e. The highest BCUT2D eigenvalue weighted by Crippen LogP contribution is 2.18. The second-order valence-electron chi connectivity index (χ2n) is 3.16. The molecule has 4 heteroatoms. The third-order valence-electron chi connectivity index (χ3n) is 1.91. The van der Waals surface area contributed by atoms with Gasteiger partial charge in [-0.2, -0.15) is 0 Å². The zero-order valence-electron chi connectivity index (χ0n) is 7.93. The molecule has 0 amide bonds. The summed E-state index contributed by atoms with van der Waals surface area (Å²) in [5, 5.41) is 1.52. The highest BCUT2D eigenvalue weighted by atomic mass is 79.9. The van der Waals surface area contributed by atoms with Crippen molar-refractivity contribution in [3.8, 4) is 0 Å². The summed E-state index contributed by atoms with van der Waals surface area (Å²) >= 11 is 9.28. The molecule has 0 aliphatic rings. The van der Waals surface area contributed by atoms with Crippen LogP contribution < -0.4 is 0 Å². The first kappa shape index (κ1) is 12.0. The topological polar surface area (TPSA) is 3.24 Å². The molecule has 0 saturated heterocycles. The minimum absolute atomic E-state index is 0.239. The van der Waals surface area contributed by atoms with Crippen molar-refractivity contribution < 1.29 is 4.39 Å². The van der Waals surface area contributed by atoms with Crippen molar-refractivity contribution in [3.63, 3.8) is 0 Å². The van der Waals surface area contributed by atoms with E-state index in [1.807, 2.05) is 7.05 Å². The van der Waals surface area contributed by atoms with Crippen molar-refractivity contribution in [2.75, 3.05) is 18.9 Å². The van der Waals surface area contributed by atoms with Gasteiger partial charge in [0.2, 0.25) is 0 Å². The van der Waals surface area contributed by atoms with Crippen molar-refractivity contribution >= 4 is 27.5 Å². The van der Waals surface area contributed by atoms with E-state index in [2.05, 4.69) is 20.8 Å². The molecule has 0 spiro atoms. The summed E-state index contributed by atoms with van der Waals surface area (Å²) in [4.78, 5) is 2.08. The van der Waals surface area contributed by atoms with Crippen LogP contribution in [0, 0.1) is 5.82 Å². The molecule has 0 unspecified atom stereocenters. The van der Waals surface area contributed by atoms with Gasteiger partial charge in [-0.3, -0.25) is 0 Å². The van der Waals surface area contributed by atoms with Crippen LogP contribution in [0.5, 0.6) is 0 Å². The highest BCUT2D eigenvalue weighted by Gasteiger charge is 2.05. The zero-order chi connectivity index (χ0) is 10.6. The third-order valence-corrected chi connectivity index (χ3v) is 2.64. The van der Waals surface area contributed by atoms with Crippen molar-refractivity contribution in [3.05, 3.63) is 34.6 Å². The maximum atomic E-state index is 12.9. The van der Waals surface area contributed by atoms with Crippen molar-refractivity contribution in [2.45, 2.75) is 6.54 Å². The van der Waals surface area contributed by atoms with Crippen LogP contribution in [0.25, 0.3) is 0 Å². The van der Waals surface area contributed by atoms with Crippen molar-refractivity contribution in [1.29, 1.82) is 0 Å². The fourth-order valence-corrected chi connectivity index (χ4v) is 1.96. The van der Waals surface area contributed by atoms with Gasteiger partial charge in [0, 0.05) is 23.4 Å². The number of rotatable bonds is 4. The van der Waals surface area contributed by atoms with Crippen LogP contribution in [0.2, 0.25) is 5.02 Å². The molecule has 1 nitrogen and oxygen atoms in total. The molecule has 1 aromatic carbocycles. The second-order valence-corrected chi connectivity index (χ2v) is 4.36. The van der Waals surface area contributed by atoms with Gasteiger partial charge in [0.25, 0.3) is 0 Å². The Kier molecular flexibility index (Phi) is 4.85. The van der Waals surface area contributed by atoms with E-state index < -0.39 is 0 Å². The number of alkyl halides is 1. The van der Waals surface area contributed by atoms with Gasteiger partial charge in [0.15, 0.2) is 0 Å². The molecule has 0 aromatic heterocycles. The fourth-order valence-electron chi connectivity index (χ4n) is 1.18. The largest absolute Gasteiger partial charge is 0.301 e. The summed E-state index contributed by atoms with van der Waals surface area (Å²) < 4.78 is 12.9. The lowest BCUT2D eigenvalue weighted by Gasteiger charge is -2.15. The van der Waals surface area contributed by atoms with Gasteiger partial charge < -0.3 is 4.90 Å². The molecule has 0 heterocycles. The van der Waals surface area contributed by atoms with E-state index in [0.717, 1.165) is 17.4 Å². The SMILES string of the molecule is CN(CCBr)Cc1cc(F)ccc1Cl. The van der Waals surface area contributed by atoms with Crippen LogP contribution in [0.1, 0.15) is 5.56 Å². The van der Waals surface area contributed by atoms with E-state index in [-0.39, 0.29) is 5.82 Å². The average Bonchev–Trinajstić information content (AvgIpc) is 2.12. The third kappa shape index (κ3) is 3.56. The standard InChI is InChI=1S/C10H12BrClFN/c1-14(5-4-11)7-8-6-9(13)2-3-10(8)12/h2-3,6H,4-5,7H2,1H3. The summed E-state index contributed by atoms with van der Waals surface area (Å²) in [5.74, 6) is -0.239. The average molecular weight is 281 g/mol. The van der Waals surface area contributed by atoms with Gasteiger partial charge in [-0.15, -0.1) is 0 Å². The van der Waals surface area contributed by atoms with Gasteiger partial charge >= 0.3 is 0 Å². The smallest absolute Gasteiger partial charge is 0.123 e. The molecule has 0 radical (unpaired) electrons. The molecule has 14 heavy (non-hydrogen) atoms. The first-order valence-electron chi connectivity index (χ1n) is 4.32. The van der Waals surface area contributed by atoms with Crippen LogP contribution in [0.3, 0.4) is 0 Å². The summed E-state index contributed by atoms with van der Waals surface area (Å²) in [6.07, 6.45) is 0. The lowest BCUT2D eigenvalue weighted by atomic mass is 10.2. The number of halogens is 3. The van der Waals surface area contributed by atoms with Crippen molar-refractivity contribution in [2.24, 2.45) is 0 Å². The minimum atomic E-state index is -0.239. The quantitative estimate of drug-likeness (QED) is 0.765. The molecule has 78 valence electrons. The van der Waals surface area contributed by atoms with Crippen LogP contribution >= 0.6 is 27.5 Å². The number of nitrogens with zero attached hydrogens (tertiary/aromatic N) is 1. The van der Waals surface area contributed by atoms with Gasteiger partial charge in [0.1, 0.15) is 5.82 Å². The van der Waals surface area contributed by atoms with Gasteiger partial charge in [-0.05, 0) is 30.8 Å². The second kappa shape index (κ2) is 5.69. The Morgan fingerprint density at radius 2 is 2.21 bits per heavy atom. The maximum absolute atomic E-state index is 12.9. The molecular weight excluding hydrogens is 268 g/mol. The van der Waals surface area contributed by atoms with Crippen molar-refractivity contribution in [1.82, 2.24) is 4.90 Å². The Bertz CT molecular complexity index is 306. The van der Waals surface area contributed by atoms with Crippen LogP contribution in [0.15, 0.2) is 18.2 Å². The van der Waals surface area contributed by atoms with Gasteiger partial charge in [-0.1, -0.05) is 27.5 Å². The Labute approximate surface area is 97.0 Å². The number of hydrogen-bond donors (Lipinski definition) is 0. The lowest BCUT2D eigenvalue weighted by Crippen LogP contribution is -2.20. The van der Waals surface area contributed by atoms with Crippen LogP contribution in [-0.2, 0) is 6.54 Å². The van der Waals surface area contributed by atoms with E-state index in [1.165, 1.54) is 12.1 Å². The summed E-state index contributed by atoms with van der Waals surface area (Å²) in [5.41, 5.74) is 0.829. The number of hydrogen-bond acceptors (Lipinski definition) is 1. The normalized spacial score (nSPS) is 10.9. The lowest BCUT2D eigenvalue weighted by molar-refractivity contribution is 0.349. The van der Waals surface area contributed by atoms with Crippen LogP contribution in [-0.4, -0.2) is 23.8 Å². The molecule has 0 atom stereocenters. The summed E-state index contributed by atoms with van der Waals surface area (Å²) in [7, 11) is 1.97.